The molecule has 4 nitrogen and oxygen atoms in total. The van der Waals surface area contributed by atoms with Crippen LogP contribution in [-0.2, 0) is 5.41 Å². The second kappa shape index (κ2) is 11.7. The molecule has 1 N–H and O–H groups in total. The molecule has 0 amide bonds. The zero-order valence-corrected chi connectivity index (χ0v) is 30.2. The van der Waals surface area contributed by atoms with Gasteiger partial charge in [-0.3, -0.25) is 0 Å². The van der Waals surface area contributed by atoms with E-state index in [0.717, 1.165) is 50.9 Å². The molecular weight excluding hydrogens is 659 g/mol. The number of hydrogen-bond acceptors (Lipinski definition) is 4. The van der Waals surface area contributed by atoms with Crippen LogP contribution in [0, 0.1) is 5.92 Å². The molecule has 258 valence electrons. The average molecular weight is 696 g/mol. The van der Waals surface area contributed by atoms with Crippen molar-refractivity contribution in [2.75, 3.05) is 0 Å². The van der Waals surface area contributed by atoms with E-state index in [1.54, 1.807) is 0 Å². The Kier molecular flexibility index (Phi) is 6.75. The third kappa shape index (κ3) is 4.69. The van der Waals surface area contributed by atoms with Crippen LogP contribution < -0.4 is 5.32 Å². The summed E-state index contributed by atoms with van der Waals surface area (Å²) in [6.45, 7) is 4.81. The minimum absolute atomic E-state index is 0.217. The number of nitrogens with one attached hydrogen (secondary N) is 1. The van der Waals surface area contributed by atoms with Gasteiger partial charge in [-0.05, 0) is 79.9 Å². The number of furan rings is 1. The van der Waals surface area contributed by atoms with E-state index in [2.05, 4.69) is 147 Å². The quantitative estimate of drug-likeness (QED) is 0.199. The van der Waals surface area contributed by atoms with E-state index < -0.39 is 0 Å². The van der Waals surface area contributed by atoms with Gasteiger partial charge in [-0.25, -0.2) is 9.98 Å². The Morgan fingerprint density at radius 3 is 2.43 bits per heavy atom. The highest BCUT2D eigenvalue weighted by Crippen LogP contribution is 2.59. The van der Waals surface area contributed by atoms with Crippen LogP contribution in [0.4, 0.5) is 0 Å². The Bertz CT molecular complexity index is 2910. The predicted molar refractivity (Wildman–Crippen MR) is 223 cm³/mol. The number of allylic oxidation sites excluding steroid dienone is 8. The number of nitrogens with zero attached hydrogens (tertiary/aromatic N) is 2. The molecule has 54 heavy (non-hydrogen) atoms. The lowest BCUT2D eigenvalue weighted by molar-refractivity contribution is 0.628. The Hall–Kier alpha value is -6.52. The second-order valence-corrected chi connectivity index (χ2v) is 15.3. The predicted octanol–water partition coefficient (Wildman–Crippen LogP) is 11.9. The lowest BCUT2D eigenvalue weighted by Crippen LogP contribution is -2.33. The zero-order chi connectivity index (χ0) is 36.0. The van der Waals surface area contributed by atoms with Crippen LogP contribution in [0.3, 0.4) is 0 Å². The molecule has 0 saturated heterocycles. The summed E-state index contributed by atoms with van der Waals surface area (Å²) in [5.74, 6) is 1.84. The van der Waals surface area contributed by atoms with Crippen LogP contribution in [-0.4, -0.2) is 11.7 Å². The molecule has 0 saturated carbocycles. The maximum absolute atomic E-state index is 6.29. The summed E-state index contributed by atoms with van der Waals surface area (Å²) in [6, 6.07) is 47.5. The maximum Gasteiger partial charge on any atom is 0.160 e. The first-order valence-corrected chi connectivity index (χ1v) is 18.9. The molecule has 2 unspecified atom stereocenters. The standard InChI is InChI=1S/C50H37N3O/c1-50(2)41-29-35(25-26-37(41)45-40(28-33-17-8-9-18-36(33)46(45)50)34-24-23-30-13-6-7-16-32(30)27-34)48-51-47(31-14-4-3-5-15-31)52-49(53-48)39-20-12-22-43-44(39)38-19-10-11-21-42(38)54-43/h3-27,29,33,48H,28H2,1-2H3,(H,51,52,53). The van der Waals surface area contributed by atoms with Gasteiger partial charge in [0.2, 0.25) is 0 Å². The van der Waals surface area contributed by atoms with Gasteiger partial charge in [0.1, 0.15) is 23.2 Å². The molecular formula is C50H37N3O. The first kappa shape index (κ1) is 31.0. The van der Waals surface area contributed by atoms with Crippen LogP contribution in [0.2, 0.25) is 0 Å². The van der Waals surface area contributed by atoms with Gasteiger partial charge in [0.15, 0.2) is 5.84 Å². The summed E-state index contributed by atoms with van der Waals surface area (Å²) in [5, 5.41) is 8.38. The van der Waals surface area contributed by atoms with Gasteiger partial charge in [0.25, 0.3) is 0 Å². The summed E-state index contributed by atoms with van der Waals surface area (Å²) in [7, 11) is 0. The Labute approximate surface area is 314 Å². The molecule has 0 radical (unpaired) electrons. The molecule has 7 aromatic rings. The molecule has 11 rings (SSSR count). The van der Waals surface area contributed by atoms with Gasteiger partial charge in [-0.15, -0.1) is 0 Å². The molecule has 1 aliphatic heterocycles. The lowest BCUT2D eigenvalue weighted by atomic mass is 9.70. The fourth-order valence-corrected chi connectivity index (χ4v) is 9.30. The van der Waals surface area contributed by atoms with Crippen molar-refractivity contribution in [1.29, 1.82) is 0 Å². The van der Waals surface area contributed by atoms with Crippen LogP contribution in [0.15, 0.2) is 183 Å². The molecule has 0 spiro atoms. The molecule has 6 aromatic carbocycles. The Balaban J connectivity index is 1.09. The largest absolute Gasteiger partial charge is 0.456 e. The minimum atomic E-state index is -0.346. The molecule has 0 fully saturated rings. The second-order valence-electron chi connectivity index (χ2n) is 15.3. The van der Waals surface area contributed by atoms with Crippen molar-refractivity contribution in [2.45, 2.75) is 31.8 Å². The van der Waals surface area contributed by atoms with E-state index in [9.17, 15) is 0 Å². The topological polar surface area (TPSA) is 49.9 Å². The highest BCUT2D eigenvalue weighted by Gasteiger charge is 2.45. The van der Waals surface area contributed by atoms with Crippen molar-refractivity contribution in [3.05, 3.63) is 202 Å². The van der Waals surface area contributed by atoms with E-state index in [1.165, 1.54) is 49.8 Å². The monoisotopic (exact) mass is 695 g/mol. The van der Waals surface area contributed by atoms with Gasteiger partial charge >= 0.3 is 0 Å². The minimum Gasteiger partial charge on any atom is -0.456 e. The maximum atomic E-state index is 6.29. The SMILES string of the molecule is CC1(C)C2=C3C=CC=CC3CC(c3ccc4ccccc4c3)=C2c2ccc(C3N=C(c4cccc5oc6ccccc6c45)N=C(c4ccccc4)N3)cc21. The van der Waals surface area contributed by atoms with Crippen molar-refractivity contribution in [1.82, 2.24) is 5.32 Å². The number of rotatable bonds is 4. The fraction of sp³-hybridized carbons (Fsp3) is 0.120. The molecule has 4 aliphatic rings. The van der Waals surface area contributed by atoms with Crippen molar-refractivity contribution in [3.8, 4) is 0 Å². The smallest absolute Gasteiger partial charge is 0.160 e. The normalized spacial score (nSPS) is 19.8. The van der Waals surface area contributed by atoms with Gasteiger partial charge < -0.3 is 9.73 Å². The average Bonchev–Trinajstić information content (AvgIpc) is 3.72. The summed E-state index contributed by atoms with van der Waals surface area (Å²) in [5.41, 5.74) is 14.3. The summed E-state index contributed by atoms with van der Waals surface area (Å²) >= 11 is 0. The van der Waals surface area contributed by atoms with Crippen LogP contribution >= 0.6 is 0 Å². The Morgan fingerprint density at radius 1 is 0.704 bits per heavy atom. The number of para-hydroxylation sites is 1. The van der Waals surface area contributed by atoms with E-state index >= 15 is 0 Å². The Morgan fingerprint density at radius 2 is 1.52 bits per heavy atom. The van der Waals surface area contributed by atoms with Crippen molar-refractivity contribution in [2.24, 2.45) is 15.9 Å². The number of aliphatic imine (C=N–C) groups is 2. The third-order valence-electron chi connectivity index (χ3n) is 11.9. The van der Waals surface area contributed by atoms with Gasteiger partial charge in [0.05, 0.1) is 0 Å². The number of hydrogen-bond donors (Lipinski definition) is 1. The van der Waals surface area contributed by atoms with Crippen molar-refractivity contribution < 1.29 is 4.42 Å². The molecule has 1 aromatic heterocycles. The van der Waals surface area contributed by atoms with Gasteiger partial charge in [0, 0.05) is 33.2 Å². The number of amidine groups is 2. The molecule has 2 heterocycles. The summed E-state index contributed by atoms with van der Waals surface area (Å²) in [4.78, 5) is 10.6. The number of benzene rings is 6. The molecule has 0 bridgehead atoms. The van der Waals surface area contributed by atoms with E-state index in [4.69, 9.17) is 14.4 Å². The lowest BCUT2D eigenvalue weighted by Gasteiger charge is -2.34. The van der Waals surface area contributed by atoms with Crippen molar-refractivity contribution >= 4 is 55.5 Å². The van der Waals surface area contributed by atoms with Gasteiger partial charge in [-0.1, -0.05) is 153 Å². The van der Waals surface area contributed by atoms with E-state index in [0.29, 0.717) is 11.8 Å². The molecule has 2 atom stereocenters. The zero-order valence-electron chi connectivity index (χ0n) is 30.2. The number of fused-ring (bicyclic) bond motifs is 8. The molecule has 3 aliphatic carbocycles. The summed E-state index contributed by atoms with van der Waals surface area (Å²) in [6.07, 6.45) is 9.80. The van der Waals surface area contributed by atoms with E-state index in [-0.39, 0.29) is 11.6 Å². The van der Waals surface area contributed by atoms with Crippen LogP contribution in [0.25, 0.3) is 43.9 Å². The summed E-state index contributed by atoms with van der Waals surface area (Å²) < 4.78 is 6.29. The van der Waals surface area contributed by atoms with Crippen LogP contribution in [0.1, 0.15) is 59.8 Å². The van der Waals surface area contributed by atoms with Crippen molar-refractivity contribution in [3.63, 3.8) is 0 Å². The highest BCUT2D eigenvalue weighted by molar-refractivity contribution is 6.22. The highest BCUT2D eigenvalue weighted by atomic mass is 16.3. The van der Waals surface area contributed by atoms with E-state index in [1.807, 2.05) is 30.3 Å². The molecule has 4 heteroatoms. The first-order chi connectivity index (χ1) is 26.5. The fourth-order valence-electron chi connectivity index (χ4n) is 9.30. The van der Waals surface area contributed by atoms with Gasteiger partial charge in [-0.2, -0.15) is 0 Å². The van der Waals surface area contributed by atoms with Crippen LogP contribution in [0.5, 0.6) is 0 Å². The first-order valence-electron chi connectivity index (χ1n) is 18.9. The third-order valence-corrected chi connectivity index (χ3v) is 11.9.